The number of benzene rings is 1. The summed E-state index contributed by atoms with van der Waals surface area (Å²) in [5.41, 5.74) is 9.10. The zero-order valence-corrected chi connectivity index (χ0v) is 6.26. The number of hydrogen-bond acceptors (Lipinski definition) is 3. The molecular weight excluding hydrogens is 138 g/mol. The molecular formula is C8H9N3. The molecule has 0 aromatic heterocycles. The van der Waals surface area contributed by atoms with Crippen LogP contribution in [0.3, 0.4) is 0 Å². The van der Waals surface area contributed by atoms with Crippen LogP contribution < -0.4 is 0 Å². The SMILES string of the molecule is Cc1ccc(C=N)c(N=N)c1. The highest BCUT2D eigenvalue weighted by molar-refractivity contribution is 5.84. The van der Waals surface area contributed by atoms with Gasteiger partial charge in [-0.3, -0.25) is 0 Å². The predicted octanol–water partition coefficient (Wildman–Crippen LogP) is 2.66. The lowest BCUT2D eigenvalue weighted by Gasteiger charge is -1.97. The first-order valence-electron chi connectivity index (χ1n) is 3.26. The van der Waals surface area contributed by atoms with E-state index in [1.54, 1.807) is 12.1 Å². The van der Waals surface area contributed by atoms with Gasteiger partial charge in [0.2, 0.25) is 0 Å². The van der Waals surface area contributed by atoms with Crippen LogP contribution in [-0.4, -0.2) is 6.21 Å². The molecule has 0 unspecified atom stereocenters. The lowest BCUT2D eigenvalue weighted by molar-refractivity contribution is 1.14. The molecule has 0 fully saturated rings. The maximum Gasteiger partial charge on any atom is 0.0940 e. The number of aryl methyl sites for hydroxylation is 1. The molecule has 0 radical (unpaired) electrons. The third kappa shape index (κ3) is 1.49. The van der Waals surface area contributed by atoms with Crippen LogP contribution >= 0.6 is 0 Å². The Morgan fingerprint density at radius 2 is 2.18 bits per heavy atom. The zero-order valence-electron chi connectivity index (χ0n) is 6.26. The van der Waals surface area contributed by atoms with E-state index >= 15 is 0 Å². The van der Waals surface area contributed by atoms with Gasteiger partial charge in [0, 0.05) is 11.8 Å². The third-order valence-electron chi connectivity index (χ3n) is 1.46. The summed E-state index contributed by atoms with van der Waals surface area (Å²) in [6, 6.07) is 5.47. The molecule has 0 spiro atoms. The van der Waals surface area contributed by atoms with Crippen LogP contribution in [0.5, 0.6) is 0 Å². The highest BCUT2D eigenvalue weighted by Crippen LogP contribution is 2.18. The predicted molar refractivity (Wildman–Crippen MR) is 43.9 cm³/mol. The summed E-state index contributed by atoms with van der Waals surface area (Å²) in [6.45, 7) is 1.93. The van der Waals surface area contributed by atoms with Gasteiger partial charge in [-0.05, 0) is 18.6 Å². The van der Waals surface area contributed by atoms with Gasteiger partial charge in [-0.25, -0.2) is 5.53 Å². The van der Waals surface area contributed by atoms with E-state index in [1.165, 1.54) is 6.21 Å². The second-order valence-electron chi connectivity index (χ2n) is 2.32. The van der Waals surface area contributed by atoms with Crippen molar-refractivity contribution in [2.24, 2.45) is 5.11 Å². The lowest BCUT2D eigenvalue weighted by Crippen LogP contribution is -1.80. The average molecular weight is 147 g/mol. The maximum atomic E-state index is 6.99. The molecule has 0 atom stereocenters. The molecule has 0 saturated heterocycles. The molecule has 1 rings (SSSR count). The van der Waals surface area contributed by atoms with Crippen LogP contribution in [0.1, 0.15) is 11.1 Å². The van der Waals surface area contributed by atoms with Crippen LogP contribution in [0, 0.1) is 17.9 Å². The molecule has 2 N–H and O–H groups in total. The first-order valence-corrected chi connectivity index (χ1v) is 3.26. The van der Waals surface area contributed by atoms with Gasteiger partial charge in [-0.2, -0.15) is 5.11 Å². The fourth-order valence-corrected chi connectivity index (χ4v) is 0.873. The minimum atomic E-state index is 0.556. The largest absolute Gasteiger partial charge is 0.308 e. The molecule has 0 amide bonds. The number of nitrogens with one attached hydrogen (secondary N) is 2. The van der Waals surface area contributed by atoms with Crippen molar-refractivity contribution in [2.45, 2.75) is 6.92 Å². The van der Waals surface area contributed by atoms with Gasteiger partial charge in [0.05, 0.1) is 5.69 Å². The second kappa shape index (κ2) is 3.05. The molecule has 0 aliphatic heterocycles. The molecule has 3 heteroatoms. The van der Waals surface area contributed by atoms with Gasteiger partial charge >= 0.3 is 0 Å². The molecule has 3 nitrogen and oxygen atoms in total. The Morgan fingerprint density at radius 3 is 2.73 bits per heavy atom. The third-order valence-corrected chi connectivity index (χ3v) is 1.46. The van der Waals surface area contributed by atoms with Crippen LogP contribution in [0.25, 0.3) is 0 Å². The summed E-state index contributed by atoms with van der Waals surface area (Å²) in [5.74, 6) is 0. The van der Waals surface area contributed by atoms with Crippen molar-refractivity contribution in [3.8, 4) is 0 Å². The minimum absolute atomic E-state index is 0.556. The summed E-state index contributed by atoms with van der Waals surface area (Å²) < 4.78 is 0. The van der Waals surface area contributed by atoms with Gasteiger partial charge in [0.25, 0.3) is 0 Å². The summed E-state index contributed by atoms with van der Waals surface area (Å²) in [5, 5.41) is 10.3. The standard InChI is InChI=1S/C8H9N3/c1-6-2-3-7(5-9)8(4-6)11-10/h2-5,9-10H,1H3. The van der Waals surface area contributed by atoms with Crippen molar-refractivity contribution in [1.29, 1.82) is 10.9 Å². The van der Waals surface area contributed by atoms with Crippen molar-refractivity contribution >= 4 is 11.9 Å². The highest BCUT2D eigenvalue weighted by atomic mass is 15.0. The van der Waals surface area contributed by atoms with E-state index in [9.17, 15) is 0 Å². The van der Waals surface area contributed by atoms with E-state index in [4.69, 9.17) is 10.9 Å². The molecule has 0 saturated carbocycles. The highest BCUT2D eigenvalue weighted by Gasteiger charge is 1.96. The first-order chi connectivity index (χ1) is 5.27. The Hall–Kier alpha value is -1.51. The molecule has 1 aromatic carbocycles. The van der Waals surface area contributed by atoms with E-state index in [2.05, 4.69) is 5.11 Å². The maximum absolute atomic E-state index is 6.99. The molecule has 0 aliphatic carbocycles. The minimum Gasteiger partial charge on any atom is -0.308 e. The van der Waals surface area contributed by atoms with E-state index in [0.29, 0.717) is 11.3 Å². The van der Waals surface area contributed by atoms with Crippen LogP contribution in [-0.2, 0) is 0 Å². The zero-order chi connectivity index (χ0) is 8.27. The Balaban J connectivity index is 3.26. The lowest BCUT2D eigenvalue weighted by atomic mass is 10.1. The number of hydrogen-bond donors (Lipinski definition) is 2. The van der Waals surface area contributed by atoms with Crippen molar-refractivity contribution in [2.75, 3.05) is 0 Å². The molecule has 56 valence electrons. The quantitative estimate of drug-likeness (QED) is 0.477. The average Bonchev–Trinajstić information content (AvgIpc) is 2.04. The van der Waals surface area contributed by atoms with Gasteiger partial charge in [-0.1, -0.05) is 12.1 Å². The van der Waals surface area contributed by atoms with Gasteiger partial charge in [-0.15, -0.1) is 0 Å². The fraction of sp³-hybridized carbons (Fsp3) is 0.125. The van der Waals surface area contributed by atoms with Crippen LogP contribution in [0.4, 0.5) is 5.69 Å². The topological polar surface area (TPSA) is 60.1 Å². The Kier molecular flexibility index (Phi) is 2.11. The van der Waals surface area contributed by atoms with Crippen molar-refractivity contribution < 1.29 is 0 Å². The summed E-state index contributed by atoms with van der Waals surface area (Å²) in [7, 11) is 0. The molecule has 0 bridgehead atoms. The Morgan fingerprint density at radius 1 is 1.45 bits per heavy atom. The smallest absolute Gasteiger partial charge is 0.0940 e. The number of nitrogens with zero attached hydrogens (tertiary/aromatic N) is 1. The van der Waals surface area contributed by atoms with Gasteiger partial charge in [0.15, 0.2) is 0 Å². The number of rotatable bonds is 2. The summed E-state index contributed by atoms with van der Waals surface area (Å²) >= 11 is 0. The normalized spacial score (nSPS) is 9.18. The monoisotopic (exact) mass is 147 g/mol. The van der Waals surface area contributed by atoms with Crippen molar-refractivity contribution in [1.82, 2.24) is 0 Å². The first kappa shape index (κ1) is 7.60. The van der Waals surface area contributed by atoms with E-state index in [0.717, 1.165) is 5.56 Å². The Bertz CT molecular complexity index is 291. The fourth-order valence-electron chi connectivity index (χ4n) is 0.873. The molecule has 1 aromatic rings. The Labute approximate surface area is 65.1 Å². The second-order valence-corrected chi connectivity index (χ2v) is 2.32. The van der Waals surface area contributed by atoms with E-state index in [1.807, 2.05) is 13.0 Å². The molecule has 0 heterocycles. The summed E-state index contributed by atoms with van der Waals surface area (Å²) in [4.78, 5) is 0. The molecule has 0 aliphatic rings. The van der Waals surface area contributed by atoms with Crippen molar-refractivity contribution in [3.63, 3.8) is 0 Å². The van der Waals surface area contributed by atoms with Gasteiger partial charge in [0.1, 0.15) is 0 Å². The van der Waals surface area contributed by atoms with Crippen LogP contribution in [0.15, 0.2) is 23.3 Å². The van der Waals surface area contributed by atoms with E-state index in [-0.39, 0.29) is 0 Å². The van der Waals surface area contributed by atoms with Crippen LogP contribution in [0.2, 0.25) is 0 Å². The van der Waals surface area contributed by atoms with Gasteiger partial charge < -0.3 is 5.41 Å². The van der Waals surface area contributed by atoms with Crippen molar-refractivity contribution in [3.05, 3.63) is 29.3 Å². The summed E-state index contributed by atoms with van der Waals surface area (Å²) in [6.07, 6.45) is 1.20. The molecule has 11 heavy (non-hydrogen) atoms. The van der Waals surface area contributed by atoms with E-state index < -0.39 is 0 Å².